The summed E-state index contributed by atoms with van der Waals surface area (Å²) in [7, 11) is -4.06. The van der Waals surface area contributed by atoms with Gasteiger partial charge in [-0.15, -0.1) is 12.4 Å². The second-order valence-electron chi connectivity index (χ2n) is 4.99. The minimum absolute atomic E-state index is 0. The van der Waals surface area contributed by atoms with Crippen molar-refractivity contribution in [2.45, 2.75) is 30.5 Å². The van der Waals surface area contributed by atoms with E-state index < -0.39 is 32.2 Å². The molecule has 3 N–H and O–H groups in total. The van der Waals surface area contributed by atoms with Crippen molar-refractivity contribution < 1.29 is 21.6 Å². The van der Waals surface area contributed by atoms with E-state index in [1.807, 2.05) is 0 Å². The standard InChI is InChI=1S/C11H14BrF3N2O2S.ClH/c1-10(2,16)6-17-20(18,19)9-4-7(11(13,14)15)3-8(12)5-9;/h3-5,17H,6,16H2,1-2H3;1H. The van der Waals surface area contributed by atoms with Gasteiger partial charge in [-0.2, -0.15) is 13.2 Å². The van der Waals surface area contributed by atoms with Gasteiger partial charge in [-0.25, -0.2) is 13.1 Å². The highest BCUT2D eigenvalue weighted by Crippen LogP contribution is 2.33. The van der Waals surface area contributed by atoms with Crippen LogP contribution in [0.3, 0.4) is 0 Å². The minimum Gasteiger partial charge on any atom is -0.324 e. The molecule has 0 aromatic heterocycles. The van der Waals surface area contributed by atoms with Crippen molar-refractivity contribution in [2.24, 2.45) is 5.73 Å². The van der Waals surface area contributed by atoms with Crippen molar-refractivity contribution in [3.05, 3.63) is 28.2 Å². The molecule has 0 heterocycles. The maximum Gasteiger partial charge on any atom is 0.416 e. The van der Waals surface area contributed by atoms with Crippen LogP contribution in [0, 0.1) is 0 Å². The first-order valence-corrected chi connectivity index (χ1v) is 7.75. The highest BCUT2D eigenvalue weighted by atomic mass is 79.9. The van der Waals surface area contributed by atoms with Crippen LogP contribution in [-0.4, -0.2) is 20.5 Å². The van der Waals surface area contributed by atoms with Crippen LogP contribution in [0.2, 0.25) is 0 Å². The van der Waals surface area contributed by atoms with Gasteiger partial charge in [-0.1, -0.05) is 15.9 Å². The van der Waals surface area contributed by atoms with E-state index in [0.29, 0.717) is 6.07 Å². The maximum atomic E-state index is 12.7. The second kappa shape index (κ2) is 6.82. The Kier molecular flexibility index (Phi) is 6.71. The highest BCUT2D eigenvalue weighted by Gasteiger charge is 2.32. The molecule has 4 nitrogen and oxygen atoms in total. The smallest absolute Gasteiger partial charge is 0.324 e. The molecule has 0 radical (unpaired) electrons. The zero-order valence-electron chi connectivity index (χ0n) is 11.2. The molecule has 1 rings (SSSR count). The third-order valence-corrected chi connectivity index (χ3v) is 4.07. The first kappa shape index (κ1) is 20.6. The molecule has 0 fully saturated rings. The first-order chi connectivity index (χ1) is 8.81. The van der Waals surface area contributed by atoms with Gasteiger partial charge in [-0.05, 0) is 32.0 Å². The Balaban J connectivity index is 0.00000400. The Bertz CT molecular complexity index is 600. The molecule has 0 amide bonds. The lowest BCUT2D eigenvalue weighted by atomic mass is 10.1. The lowest BCUT2D eigenvalue weighted by Gasteiger charge is -2.19. The van der Waals surface area contributed by atoms with Gasteiger partial charge in [0.15, 0.2) is 0 Å². The van der Waals surface area contributed by atoms with Crippen LogP contribution < -0.4 is 10.5 Å². The summed E-state index contributed by atoms with van der Waals surface area (Å²) >= 11 is 2.87. The predicted molar refractivity (Wildman–Crippen MR) is 79.8 cm³/mol. The summed E-state index contributed by atoms with van der Waals surface area (Å²) in [5.74, 6) is 0. The molecule has 10 heteroatoms. The third-order valence-electron chi connectivity index (χ3n) is 2.23. The minimum atomic E-state index is -4.62. The van der Waals surface area contributed by atoms with Gasteiger partial charge in [-0.3, -0.25) is 0 Å². The van der Waals surface area contributed by atoms with Crippen LogP contribution >= 0.6 is 28.3 Å². The molecule has 0 aliphatic heterocycles. The number of benzene rings is 1. The van der Waals surface area contributed by atoms with E-state index in [-0.39, 0.29) is 23.4 Å². The fourth-order valence-electron chi connectivity index (χ4n) is 1.25. The average Bonchev–Trinajstić information content (AvgIpc) is 2.23. The Morgan fingerprint density at radius 1 is 1.24 bits per heavy atom. The van der Waals surface area contributed by atoms with Crippen molar-refractivity contribution >= 4 is 38.4 Å². The van der Waals surface area contributed by atoms with E-state index >= 15 is 0 Å². The Morgan fingerprint density at radius 3 is 2.19 bits per heavy atom. The molecule has 0 saturated carbocycles. The van der Waals surface area contributed by atoms with E-state index in [1.54, 1.807) is 13.8 Å². The van der Waals surface area contributed by atoms with E-state index in [4.69, 9.17) is 5.73 Å². The number of sulfonamides is 1. The molecule has 0 atom stereocenters. The fourth-order valence-corrected chi connectivity index (χ4v) is 3.18. The summed E-state index contributed by atoms with van der Waals surface area (Å²) in [6.45, 7) is 3.10. The molecule has 1 aromatic carbocycles. The molecule has 0 aliphatic rings. The van der Waals surface area contributed by atoms with E-state index in [9.17, 15) is 21.6 Å². The quantitative estimate of drug-likeness (QED) is 0.800. The van der Waals surface area contributed by atoms with E-state index in [0.717, 1.165) is 12.1 Å². The largest absolute Gasteiger partial charge is 0.416 e. The van der Waals surface area contributed by atoms with Crippen LogP contribution in [0.4, 0.5) is 13.2 Å². The monoisotopic (exact) mass is 410 g/mol. The van der Waals surface area contributed by atoms with E-state index in [1.165, 1.54) is 0 Å². The number of hydrogen-bond acceptors (Lipinski definition) is 3. The van der Waals surface area contributed by atoms with Gasteiger partial charge in [0.1, 0.15) is 0 Å². The Morgan fingerprint density at radius 2 is 1.76 bits per heavy atom. The topological polar surface area (TPSA) is 72.2 Å². The van der Waals surface area contributed by atoms with Gasteiger partial charge in [0, 0.05) is 16.6 Å². The number of nitrogens with one attached hydrogen (secondary N) is 1. The van der Waals surface area contributed by atoms with Gasteiger partial charge in [0.2, 0.25) is 10.0 Å². The average molecular weight is 412 g/mol. The van der Waals surface area contributed by atoms with Gasteiger partial charge in [0.25, 0.3) is 0 Å². The number of hydrogen-bond donors (Lipinski definition) is 2. The highest BCUT2D eigenvalue weighted by molar-refractivity contribution is 9.10. The maximum absolute atomic E-state index is 12.7. The van der Waals surface area contributed by atoms with Crippen molar-refractivity contribution in [2.75, 3.05) is 6.54 Å². The Hall–Kier alpha value is -0.350. The zero-order chi connectivity index (χ0) is 15.8. The van der Waals surface area contributed by atoms with Crippen LogP contribution in [0.25, 0.3) is 0 Å². The fraction of sp³-hybridized carbons (Fsp3) is 0.455. The van der Waals surface area contributed by atoms with Crippen molar-refractivity contribution in [1.29, 1.82) is 0 Å². The van der Waals surface area contributed by atoms with Crippen LogP contribution in [0.5, 0.6) is 0 Å². The summed E-state index contributed by atoms with van der Waals surface area (Å²) in [6.07, 6.45) is -4.62. The van der Waals surface area contributed by atoms with Gasteiger partial charge < -0.3 is 5.73 Å². The van der Waals surface area contributed by atoms with Crippen molar-refractivity contribution in [3.8, 4) is 0 Å². The zero-order valence-corrected chi connectivity index (χ0v) is 14.4. The molecule has 0 unspecified atom stereocenters. The summed E-state index contributed by atoms with van der Waals surface area (Å²) < 4.78 is 64.1. The number of nitrogens with two attached hydrogens (primary N) is 1. The molecule has 21 heavy (non-hydrogen) atoms. The lowest BCUT2D eigenvalue weighted by Crippen LogP contribution is -2.45. The molecule has 1 aromatic rings. The summed E-state index contributed by atoms with van der Waals surface area (Å²) in [4.78, 5) is -0.469. The summed E-state index contributed by atoms with van der Waals surface area (Å²) in [6, 6.07) is 2.49. The normalized spacial score (nSPS) is 12.9. The van der Waals surface area contributed by atoms with E-state index in [2.05, 4.69) is 20.7 Å². The number of alkyl halides is 3. The third kappa shape index (κ3) is 6.52. The Labute approximate surface area is 135 Å². The molecule has 0 aliphatic carbocycles. The lowest BCUT2D eigenvalue weighted by molar-refractivity contribution is -0.137. The first-order valence-electron chi connectivity index (χ1n) is 5.48. The van der Waals surface area contributed by atoms with Crippen molar-refractivity contribution in [1.82, 2.24) is 4.72 Å². The predicted octanol–water partition coefficient (Wildman–Crippen LogP) is 2.91. The van der Waals surface area contributed by atoms with Gasteiger partial charge >= 0.3 is 6.18 Å². The van der Waals surface area contributed by atoms with Crippen molar-refractivity contribution in [3.63, 3.8) is 0 Å². The van der Waals surface area contributed by atoms with Crippen LogP contribution in [0.1, 0.15) is 19.4 Å². The number of rotatable bonds is 4. The van der Waals surface area contributed by atoms with Crippen LogP contribution in [0.15, 0.2) is 27.6 Å². The number of halogens is 5. The molecular formula is C11H15BrClF3N2O2S. The van der Waals surface area contributed by atoms with Gasteiger partial charge in [0.05, 0.1) is 10.5 Å². The molecule has 0 bridgehead atoms. The van der Waals surface area contributed by atoms with Crippen LogP contribution in [-0.2, 0) is 16.2 Å². The summed E-state index contributed by atoms with van der Waals surface area (Å²) in [5, 5.41) is 0. The molecule has 122 valence electrons. The second-order valence-corrected chi connectivity index (χ2v) is 7.67. The SMILES string of the molecule is CC(C)(N)CNS(=O)(=O)c1cc(Br)cc(C(F)(F)F)c1.Cl. The molecule has 0 spiro atoms. The molecule has 0 saturated heterocycles. The molecular weight excluding hydrogens is 397 g/mol. The summed E-state index contributed by atoms with van der Waals surface area (Å²) in [5.41, 5.74) is 3.78.